The molecule has 2 saturated heterocycles. The summed E-state index contributed by atoms with van der Waals surface area (Å²) in [5.41, 5.74) is 0.949. The minimum absolute atomic E-state index is 0.334. The van der Waals surface area contributed by atoms with Crippen molar-refractivity contribution in [1.29, 1.82) is 0 Å². The Morgan fingerprint density at radius 3 is 2.38 bits per heavy atom. The second-order valence-electron chi connectivity index (χ2n) is 7.71. The molecule has 144 valence electrons. The first kappa shape index (κ1) is 19.4. The predicted molar refractivity (Wildman–Crippen MR) is 106 cm³/mol. The van der Waals surface area contributed by atoms with Crippen LogP contribution in [0.15, 0.2) is 36.9 Å². The van der Waals surface area contributed by atoms with E-state index in [0.717, 1.165) is 31.6 Å². The highest BCUT2D eigenvalue weighted by Gasteiger charge is 2.67. The van der Waals surface area contributed by atoms with Crippen LogP contribution in [0.1, 0.15) is 70.3 Å². The third-order valence-corrected chi connectivity index (χ3v) is 5.72. The second-order valence-corrected chi connectivity index (χ2v) is 7.71. The zero-order valence-corrected chi connectivity index (χ0v) is 16.3. The SMILES string of the molecule is C=CCC1(C2(Oc3ccccc3CCCCCCCCC)CCO2)CO1. The fourth-order valence-corrected chi connectivity index (χ4v) is 3.89. The standard InChI is InChI=1S/C23H34O3/c1-3-5-6-7-8-9-10-13-20-14-11-12-15-21(20)26-23(17-18-24-23)22(16-4-2)19-25-22/h4,11-12,14-15H,2-3,5-10,13,16-19H2,1H3. The lowest BCUT2D eigenvalue weighted by atomic mass is 9.89. The van der Waals surface area contributed by atoms with Crippen LogP contribution in [0, 0.1) is 0 Å². The lowest BCUT2D eigenvalue weighted by molar-refractivity contribution is -0.297. The molecule has 0 aromatic heterocycles. The summed E-state index contributed by atoms with van der Waals surface area (Å²) < 4.78 is 18.2. The van der Waals surface area contributed by atoms with Crippen molar-refractivity contribution in [1.82, 2.24) is 0 Å². The highest BCUT2D eigenvalue weighted by Crippen LogP contribution is 2.51. The Labute approximate surface area is 158 Å². The molecule has 0 radical (unpaired) electrons. The van der Waals surface area contributed by atoms with Crippen molar-refractivity contribution < 1.29 is 14.2 Å². The number of rotatable bonds is 13. The van der Waals surface area contributed by atoms with Gasteiger partial charge in [-0.25, -0.2) is 0 Å². The van der Waals surface area contributed by atoms with Crippen molar-refractivity contribution in [3.8, 4) is 5.75 Å². The van der Waals surface area contributed by atoms with Gasteiger partial charge in [0.2, 0.25) is 5.79 Å². The van der Waals surface area contributed by atoms with E-state index >= 15 is 0 Å². The summed E-state index contributed by atoms with van der Waals surface area (Å²) in [6.07, 6.45) is 13.9. The number of epoxide rings is 1. The number of hydrogen-bond acceptors (Lipinski definition) is 3. The van der Waals surface area contributed by atoms with Gasteiger partial charge in [0.05, 0.1) is 13.2 Å². The molecule has 3 heteroatoms. The van der Waals surface area contributed by atoms with E-state index < -0.39 is 5.79 Å². The molecule has 1 aromatic rings. The molecule has 2 fully saturated rings. The zero-order valence-electron chi connectivity index (χ0n) is 16.3. The van der Waals surface area contributed by atoms with E-state index in [1.54, 1.807) is 0 Å². The van der Waals surface area contributed by atoms with E-state index in [1.165, 1.54) is 50.5 Å². The predicted octanol–water partition coefficient (Wildman–Crippen LogP) is 5.82. The van der Waals surface area contributed by atoms with E-state index in [0.29, 0.717) is 6.61 Å². The van der Waals surface area contributed by atoms with E-state index in [4.69, 9.17) is 14.2 Å². The largest absolute Gasteiger partial charge is 0.459 e. The first-order chi connectivity index (χ1) is 12.8. The monoisotopic (exact) mass is 358 g/mol. The van der Waals surface area contributed by atoms with Crippen LogP contribution in [0.25, 0.3) is 0 Å². The van der Waals surface area contributed by atoms with Crippen molar-refractivity contribution in [2.75, 3.05) is 13.2 Å². The molecule has 2 unspecified atom stereocenters. The summed E-state index contributed by atoms with van der Waals surface area (Å²) in [5.74, 6) is 0.328. The summed E-state index contributed by atoms with van der Waals surface area (Å²) in [6.45, 7) is 7.56. The van der Waals surface area contributed by atoms with Crippen LogP contribution < -0.4 is 4.74 Å². The Bertz CT molecular complexity index is 573. The molecule has 2 atom stereocenters. The molecule has 2 aliphatic rings. The summed E-state index contributed by atoms with van der Waals surface area (Å²) in [5, 5.41) is 0. The van der Waals surface area contributed by atoms with Gasteiger partial charge in [0.15, 0.2) is 5.60 Å². The number of ether oxygens (including phenoxy) is 3. The molecule has 1 aromatic carbocycles. The van der Waals surface area contributed by atoms with Crippen molar-refractivity contribution in [3.05, 3.63) is 42.5 Å². The molecule has 0 saturated carbocycles. The number of unbranched alkanes of at least 4 members (excludes halogenated alkanes) is 6. The average molecular weight is 359 g/mol. The first-order valence-corrected chi connectivity index (χ1v) is 10.4. The molecule has 0 spiro atoms. The Hall–Kier alpha value is -1.32. The number of hydrogen-bond donors (Lipinski definition) is 0. The van der Waals surface area contributed by atoms with Crippen LogP contribution in [0.3, 0.4) is 0 Å². The van der Waals surface area contributed by atoms with Crippen LogP contribution >= 0.6 is 0 Å². The van der Waals surface area contributed by atoms with E-state index in [1.807, 2.05) is 12.1 Å². The van der Waals surface area contributed by atoms with Gasteiger partial charge in [-0.05, 0) is 24.5 Å². The van der Waals surface area contributed by atoms with Gasteiger partial charge in [0.1, 0.15) is 5.75 Å². The minimum atomic E-state index is -0.628. The van der Waals surface area contributed by atoms with Crippen molar-refractivity contribution in [2.45, 2.75) is 82.5 Å². The van der Waals surface area contributed by atoms with Crippen LogP contribution in [-0.4, -0.2) is 24.6 Å². The lowest BCUT2D eigenvalue weighted by Crippen LogP contribution is -2.60. The van der Waals surface area contributed by atoms with Gasteiger partial charge in [-0.3, -0.25) is 0 Å². The third kappa shape index (κ3) is 4.32. The second kappa shape index (κ2) is 9.05. The van der Waals surface area contributed by atoms with Crippen molar-refractivity contribution >= 4 is 0 Å². The quantitative estimate of drug-likeness (QED) is 0.253. The first-order valence-electron chi connectivity index (χ1n) is 10.4. The Morgan fingerprint density at radius 1 is 1.08 bits per heavy atom. The van der Waals surface area contributed by atoms with E-state index in [2.05, 4.69) is 31.7 Å². The van der Waals surface area contributed by atoms with Gasteiger partial charge < -0.3 is 14.2 Å². The van der Waals surface area contributed by atoms with Gasteiger partial charge in [0.25, 0.3) is 0 Å². The molecular formula is C23H34O3. The maximum absolute atomic E-state index is 6.46. The molecular weight excluding hydrogens is 324 g/mol. The maximum atomic E-state index is 6.46. The van der Waals surface area contributed by atoms with Crippen LogP contribution in [0.5, 0.6) is 5.75 Å². The van der Waals surface area contributed by atoms with Gasteiger partial charge >= 0.3 is 0 Å². The number of aryl methyl sites for hydroxylation is 1. The smallest absolute Gasteiger partial charge is 0.244 e. The minimum Gasteiger partial charge on any atom is -0.459 e. The Balaban J connectivity index is 1.55. The molecule has 0 aliphatic carbocycles. The highest BCUT2D eigenvalue weighted by molar-refractivity contribution is 5.35. The van der Waals surface area contributed by atoms with Crippen LogP contribution in [-0.2, 0) is 15.9 Å². The number of benzene rings is 1. The molecule has 0 bridgehead atoms. The molecule has 0 amide bonds. The van der Waals surface area contributed by atoms with Crippen LogP contribution in [0.2, 0.25) is 0 Å². The van der Waals surface area contributed by atoms with Crippen molar-refractivity contribution in [3.63, 3.8) is 0 Å². The fraction of sp³-hybridized carbons (Fsp3) is 0.652. The summed E-state index contributed by atoms with van der Waals surface area (Å²) >= 11 is 0. The highest BCUT2D eigenvalue weighted by atomic mass is 16.8. The molecule has 2 heterocycles. The van der Waals surface area contributed by atoms with Crippen molar-refractivity contribution in [2.24, 2.45) is 0 Å². The fourth-order valence-electron chi connectivity index (χ4n) is 3.89. The molecule has 3 nitrogen and oxygen atoms in total. The van der Waals surface area contributed by atoms with E-state index in [-0.39, 0.29) is 5.60 Å². The molecule has 0 N–H and O–H groups in total. The van der Waals surface area contributed by atoms with Gasteiger partial charge in [-0.1, -0.05) is 69.7 Å². The zero-order chi connectivity index (χ0) is 18.3. The van der Waals surface area contributed by atoms with E-state index in [9.17, 15) is 0 Å². The van der Waals surface area contributed by atoms with Gasteiger partial charge in [0, 0.05) is 12.8 Å². The van der Waals surface area contributed by atoms with Gasteiger partial charge in [-0.15, -0.1) is 6.58 Å². The maximum Gasteiger partial charge on any atom is 0.244 e. The molecule has 2 aliphatic heterocycles. The molecule has 26 heavy (non-hydrogen) atoms. The Morgan fingerprint density at radius 2 is 1.77 bits per heavy atom. The average Bonchev–Trinajstić information content (AvgIpc) is 3.39. The third-order valence-electron chi connectivity index (χ3n) is 5.72. The normalized spacial score (nSPS) is 27.0. The Kier molecular flexibility index (Phi) is 6.77. The molecule has 3 rings (SSSR count). The lowest BCUT2D eigenvalue weighted by Gasteiger charge is -2.45. The van der Waals surface area contributed by atoms with Crippen LogP contribution in [0.4, 0.5) is 0 Å². The topological polar surface area (TPSA) is 31.0 Å². The van der Waals surface area contributed by atoms with Gasteiger partial charge in [-0.2, -0.15) is 0 Å². The number of para-hydroxylation sites is 1. The summed E-state index contributed by atoms with van der Waals surface area (Å²) in [4.78, 5) is 0. The summed E-state index contributed by atoms with van der Waals surface area (Å²) in [6, 6.07) is 8.41. The summed E-state index contributed by atoms with van der Waals surface area (Å²) in [7, 11) is 0.